The third-order valence-electron chi connectivity index (χ3n) is 4.30. The number of thioether (sulfide) groups is 2. The van der Waals surface area contributed by atoms with Gasteiger partial charge in [0.05, 0.1) is 0 Å². The summed E-state index contributed by atoms with van der Waals surface area (Å²) >= 11 is 4.94. The highest BCUT2D eigenvalue weighted by Crippen LogP contribution is 2.41. The molecule has 0 aromatic carbocycles. The van der Waals surface area contributed by atoms with Crippen molar-refractivity contribution >= 4 is 75.0 Å². The second-order valence-electron chi connectivity index (χ2n) is 6.19. The predicted molar refractivity (Wildman–Crippen MR) is 118 cm³/mol. The van der Waals surface area contributed by atoms with Gasteiger partial charge in [0.25, 0.3) is 11.8 Å². The fourth-order valence-corrected chi connectivity index (χ4v) is 6.39. The molecular formula is C15H14N8O5S4. The lowest BCUT2D eigenvalue weighted by Gasteiger charge is -2.49. The number of rotatable bonds is 8. The van der Waals surface area contributed by atoms with E-state index in [2.05, 4.69) is 34.9 Å². The largest absolute Gasteiger partial charge is 0.477 e. The summed E-state index contributed by atoms with van der Waals surface area (Å²) in [7, 11) is 1.25. The molecule has 13 nitrogen and oxygen atoms in total. The number of carboxylic acid groups (broad SMARTS) is 1. The Morgan fingerprint density at radius 1 is 1.50 bits per heavy atom. The van der Waals surface area contributed by atoms with Crippen LogP contribution < -0.4 is 11.1 Å². The van der Waals surface area contributed by atoms with Crippen LogP contribution in [0.25, 0.3) is 0 Å². The molecule has 2 aliphatic heterocycles. The molecule has 0 spiro atoms. The quantitative estimate of drug-likeness (QED) is 0.183. The first-order chi connectivity index (χ1) is 15.4. The van der Waals surface area contributed by atoms with Crippen LogP contribution >= 0.6 is 46.4 Å². The van der Waals surface area contributed by atoms with E-state index in [1.54, 1.807) is 5.51 Å². The van der Waals surface area contributed by atoms with E-state index in [0.717, 1.165) is 11.5 Å². The van der Waals surface area contributed by atoms with E-state index in [-0.39, 0.29) is 22.4 Å². The number of anilines is 1. The number of nitrogens with one attached hydrogen (secondary N) is 1. The van der Waals surface area contributed by atoms with Gasteiger partial charge >= 0.3 is 5.97 Å². The van der Waals surface area contributed by atoms with E-state index in [1.807, 2.05) is 0 Å². The van der Waals surface area contributed by atoms with Crippen molar-refractivity contribution in [2.75, 3.05) is 24.3 Å². The Labute approximate surface area is 196 Å². The first kappa shape index (κ1) is 22.4. The van der Waals surface area contributed by atoms with Gasteiger partial charge in [0, 0.05) is 23.0 Å². The van der Waals surface area contributed by atoms with Crippen LogP contribution in [0.2, 0.25) is 0 Å². The zero-order valence-electron chi connectivity index (χ0n) is 16.1. The van der Waals surface area contributed by atoms with E-state index in [4.69, 9.17) is 5.73 Å². The highest BCUT2D eigenvalue weighted by atomic mass is 32.2. The van der Waals surface area contributed by atoms with Gasteiger partial charge in [-0.05, 0) is 5.57 Å². The maximum absolute atomic E-state index is 12.8. The first-order valence-electron chi connectivity index (χ1n) is 8.71. The number of carbonyl (C=O) groups excluding carboxylic acids is 2. The summed E-state index contributed by atoms with van der Waals surface area (Å²) in [6.45, 7) is 0. The monoisotopic (exact) mass is 514 g/mol. The summed E-state index contributed by atoms with van der Waals surface area (Å²) < 4.78 is 4.64. The number of carboxylic acids is 1. The van der Waals surface area contributed by atoms with Crippen molar-refractivity contribution in [3.63, 3.8) is 0 Å². The molecule has 0 saturated carbocycles. The molecule has 32 heavy (non-hydrogen) atoms. The summed E-state index contributed by atoms with van der Waals surface area (Å²) in [4.78, 5) is 47.2. The predicted octanol–water partition coefficient (Wildman–Crippen LogP) is -0.147. The fraction of sp³-hybridized carbons (Fsp3) is 0.333. The van der Waals surface area contributed by atoms with Crippen molar-refractivity contribution in [3.8, 4) is 0 Å². The SMILES string of the molecule is CON=C(C(=O)NC1C(=O)N2C(C(=O)O)=C(CSc3nncs3)CS[C@H]12)c1nsc(N)n1. The van der Waals surface area contributed by atoms with Crippen LogP contribution in [0.4, 0.5) is 5.13 Å². The van der Waals surface area contributed by atoms with Crippen molar-refractivity contribution < 1.29 is 24.3 Å². The van der Waals surface area contributed by atoms with Crippen molar-refractivity contribution in [1.29, 1.82) is 0 Å². The number of carbonyl (C=O) groups is 3. The van der Waals surface area contributed by atoms with Gasteiger partial charge in [-0.2, -0.15) is 9.36 Å². The number of amides is 2. The number of hydrogen-bond donors (Lipinski definition) is 3. The summed E-state index contributed by atoms with van der Waals surface area (Å²) in [5.74, 6) is -1.76. The van der Waals surface area contributed by atoms with Gasteiger partial charge in [0.15, 0.2) is 9.47 Å². The molecule has 0 aliphatic carbocycles. The van der Waals surface area contributed by atoms with E-state index in [9.17, 15) is 19.5 Å². The average molecular weight is 515 g/mol. The Bertz CT molecular complexity index is 1120. The van der Waals surface area contributed by atoms with Crippen molar-refractivity contribution in [3.05, 3.63) is 22.6 Å². The topological polar surface area (TPSA) is 186 Å². The second kappa shape index (κ2) is 9.39. The van der Waals surface area contributed by atoms with E-state index in [1.165, 1.54) is 46.9 Å². The molecule has 1 fully saturated rings. The van der Waals surface area contributed by atoms with Crippen LogP contribution in [-0.4, -0.2) is 83.1 Å². The molecule has 1 saturated heterocycles. The summed E-state index contributed by atoms with van der Waals surface area (Å²) in [5.41, 5.74) is 7.43. The number of oxime groups is 1. The summed E-state index contributed by atoms with van der Waals surface area (Å²) in [5, 5.41) is 23.2. The lowest BCUT2D eigenvalue weighted by Crippen LogP contribution is -2.71. The Hall–Kier alpha value is -2.76. The minimum atomic E-state index is -1.20. The zero-order chi connectivity index (χ0) is 22.8. The van der Waals surface area contributed by atoms with Crippen LogP contribution in [-0.2, 0) is 19.2 Å². The minimum Gasteiger partial charge on any atom is -0.477 e. The number of fused-ring (bicyclic) bond motifs is 1. The first-order valence-corrected chi connectivity index (χ1v) is 12.4. The van der Waals surface area contributed by atoms with Crippen LogP contribution in [0.15, 0.2) is 26.3 Å². The van der Waals surface area contributed by atoms with E-state index < -0.39 is 29.2 Å². The Balaban J connectivity index is 1.49. The maximum Gasteiger partial charge on any atom is 0.352 e. The fourth-order valence-electron chi connectivity index (χ4n) is 2.99. The van der Waals surface area contributed by atoms with Crippen molar-refractivity contribution in [2.45, 2.75) is 15.8 Å². The molecule has 17 heteroatoms. The molecule has 4 heterocycles. The molecule has 2 atom stereocenters. The van der Waals surface area contributed by atoms with Crippen LogP contribution in [0.5, 0.6) is 0 Å². The van der Waals surface area contributed by atoms with Crippen LogP contribution in [0.1, 0.15) is 5.82 Å². The minimum absolute atomic E-state index is 0.0334. The Kier molecular flexibility index (Phi) is 6.58. The van der Waals surface area contributed by atoms with Gasteiger partial charge in [-0.15, -0.1) is 22.0 Å². The smallest absolute Gasteiger partial charge is 0.352 e. The second-order valence-corrected chi connectivity index (χ2v) is 10.1. The van der Waals surface area contributed by atoms with Gasteiger partial charge in [-0.25, -0.2) is 4.79 Å². The molecule has 4 N–H and O–H groups in total. The van der Waals surface area contributed by atoms with Gasteiger partial charge in [-0.1, -0.05) is 28.3 Å². The number of hydrogen-bond acceptors (Lipinski definition) is 14. The van der Waals surface area contributed by atoms with Gasteiger partial charge in [-0.3, -0.25) is 14.5 Å². The Morgan fingerprint density at radius 2 is 2.31 bits per heavy atom. The van der Waals surface area contributed by atoms with Crippen molar-refractivity contribution in [1.82, 2.24) is 29.8 Å². The highest BCUT2D eigenvalue weighted by molar-refractivity contribution is 8.01. The Morgan fingerprint density at radius 3 is 2.94 bits per heavy atom. The normalized spacial score (nSPS) is 20.6. The molecule has 168 valence electrons. The number of β-lactam (4-membered cyclic amide) rings is 1. The molecule has 2 aromatic heterocycles. The van der Waals surface area contributed by atoms with Gasteiger partial charge < -0.3 is 21.0 Å². The maximum atomic E-state index is 12.8. The lowest BCUT2D eigenvalue weighted by molar-refractivity contribution is -0.150. The number of aromatic nitrogens is 4. The van der Waals surface area contributed by atoms with Crippen LogP contribution in [0, 0.1) is 0 Å². The molecule has 2 amide bonds. The molecule has 4 rings (SSSR count). The summed E-state index contributed by atoms with van der Waals surface area (Å²) in [6, 6.07) is -0.933. The molecule has 2 aliphatic rings. The average Bonchev–Trinajstić information content (AvgIpc) is 3.45. The number of nitrogens with two attached hydrogens (primary N) is 1. The number of aliphatic carboxylic acids is 1. The molecule has 1 unspecified atom stereocenters. The third kappa shape index (κ3) is 4.27. The summed E-state index contributed by atoms with van der Waals surface area (Å²) in [6.07, 6.45) is 0. The standard InChI is InChI=1S/C15H14N8O5S4/c1-28-21-6(9-19-14(16)32-22-9)10(24)18-7-11(25)23-8(13(26)27)5(2-29-12(7)23)3-30-15-20-17-4-31-15/h4,7,12H,2-3H2,1H3,(H,18,24)(H,26,27)(H2,16,19,22)/t7?,12-/m1/s1. The number of nitrogen functional groups attached to an aromatic ring is 1. The molecule has 0 bridgehead atoms. The van der Waals surface area contributed by atoms with Gasteiger partial charge in [0.1, 0.15) is 29.7 Å². The van der Waals surface area contributed by atoms with Crippen LogP contribution in [0.3, 0.4) is 0 Å². The lowest BCUT2D eigenvalue weighted by atomic mass is 10.0. The molecule has 2 aromatic rings. The third-order valence-corrected chi connectivity index (χ3v) is 8.13. The van der Waals surface area contributed by atoms with E-state index >= 15 is 0 Å². The van der Waals surface area contributed by atoms with Crippen molar-refractivity contribution in [2.24, 2.45) is 5.16 Å². The highest BCUT2D eigenvalue weighted by Gasteiger charge is 2.54. The molecular weight excluding hydrogens is 500 g/mol. The van der Waals surface area contributed by atoms with E-state index in [0.29, 0.717) is 21.4 Å². The van der Waals surface area contributed by atoms with Gasteiger partial charge in [0.2, 0.25) is 11.5 Å². The molecule has 0 radical (unpaired) electrons. The zero-order valence-corrected chi connectivity index (χ0v) is 19.4. The number of nitrogens with zero attached hydrogens (tertiary/aromatic N) is 6.